The van der Waals surface area contributed by atoms with Gasteiger partial charge in [-0.05, 0) is 42.0 Å². The van der Waals surface area contributed by atoms with Crippen LogP contribution in [0.1, 0.15) is 76.8 Å². The Kier molecular flexibility index (Phi) is 7.17. The molecule has 5 heteroatoms. The summed E-state index contributed by atoms with van der Waals surface area (Å²) in [5, 5.41) is 2.69. The molecule has 1 saturated carbocycles. The quantitative estimate of drug-likeness (QED) is 0.559. The molecule has 5 nitrogen and oxygen atoms in total. The molecule has 1 N–H and O–H groups in total. The molecule has 0 bridgehead atoms. The second-order valence-electron chi connectivity index (χ2n) is 7.56. The molecule has 0 unspecified atom stereocenters. The summed E-state index contributed by atoms with van der Waals surface area (Å²) in [6.45, 7) is 1.57. The maximum atomic E-state index is 12.4. The molecule has 0 aliphatic heterocycles. The van der Waals surface area contributed by atoms with E-state index in [1.165, 1.54) is 44.6 Å². The maximum absolute atomic E-state index is 12.4. The van der Waals surface area contributed by atoms with E-state index in [9.17, 15) is 14.4 Å². The zero-order valence-electron chi connectivity index (χ0n) is 16.8. The lowest BCUT2D eigenvalue weighted by Crippen LogP contribution is -2.19. The Morgan fingerprint density at radius 2 is 1.52 bits per heavy atom. The van der Waals surface area contributed by atoms with Crippen molar-refractivity contribution in [3.63, 3.8) is 0 Å². The number of esters is 1. The molecular weight excluding hydrogens is 366 g/mol. The van der Waals surface area contributed by atoms with E-state index in [-0.39, 0.29) is 18.3 Å². The molecule has 152 valence electrons. The summed E-state index contributed by atoms with van der Waals surface area (Å²) in [6.07, 6.45) is 6.30. The van der Waals surface area contributed by atoms with Crippen molar-refractivity contribution in [2.24, 2.45) is 0 Å². The van der Waals surface area contributed by atoms with Gasteiger partial charge < -0.3 is 10.1 Å². The van der Waals surface area contributed by atoms with Crippen molar-refractivity contribution >= 4 is 17.7 Å². The monoisotopic (exact) mass is 393 g/mol. The van der Waals surface area contributed by atoms with E-state index in [4.69, 9.17) is 4.74 Å². The van der Waals surface area contributed by atoms with Crippen molar-refractivity contribution in [3.05, 3.63) is 70.8 Å². The third kappa shape index (κ3) is 6.01. The average Bonchev–Trinajstić information content (AvgIpc) is 2.77. The largest absolute Gasteiger partial charge is 0.454 e. The van der Waals surface area contributed by atoms with Gasteiger partial charge in [0, 0.05) is 19.0 Å². The lowest BCUT2D eigenvalue weighted by Gasteiger charge is -2.22. The summed E-state index contributed by atoms with van der Waals surface area (Å²) in [5.74, 6) is -0.266. The first kappa shape index (κ1) is 20.8. The van der Waals surface area contributed by atoms with Crippen LogP contribution < -0.4 is 5.32 Å². The van der Waals surface area contributed by atoms with Gasteiger partial charge in [-0.25, -0.2) is 4.79 Å². The molecular formula is C24H27NO4. The first-order valence-corrected chi connectivity index (χ1v) is 10.2. The van der Waals surface area contributed by atoms with Crippen LogP contribution >= 0.6 is 0 Å². The molecule has 1 aliphatic rings. The van der Waals surface area contributed by atoms with Crippen LogP contribution in [0, 0.1) is 0 Å². The van der Waals surface area contributed by atoms with Gasteiger partial charge in [0.25, 0.3) is 0 Å². The van der Waals surface area contributed by atoms with E-state index >= 15 is 0 Å². The number of hydrogen-bond acceptors (Lipinski definition) is 4. The molecule has 2 aromatic carbocycles. The predicted octanol–water partition coefficient (Wildman–Crippen LogP) is 4.41. The van der Waals surface area contributed by atoms with Crippen molar-refractivity contribution in [2.75, 3.05) is 6.61 Å². The highest BCUT2D eigenvalue weighted by Gasteiger charge is 2.16. The molecule has 0 spiro atoms. The normalized spacial score (nSPS) is 14.2. The van der Waals surface area contributed by atoms with E-state index in [0.29, 0.717) is 23.6 Å². The fourth-order valence-electron chi connectivity index (χ4n) is 3.66. The van der Waals surface area contributed by atoms with Crippen LogP contribution in [-0.4, -0.2) is 24.3 Å². The maximum Gasteiger partial charge on any atom is 0.338 e. The second kappa shape index (κ2) is 10.0. The number of nitrogens with one attached hydrogen (secondary N) is 1. The van der Waals surface area contributed by atoms with E-state index in [1.54, 1.807) is 24.3 Å². The molecule has 1 fully saturated rings. The summed E-state index contributed by atoms with van der Waals surface area (Å²) in [6, 6.07) is 14.5. The number of carbonyl (C=O) groups is 3. The first-order valence-electron chi connectivity index (χ1n) is 10.2. The van der Waals surface area contributed by atoms with Crippen molar-refractivity contribution in [2.45, 2.75) is 51.5 Å². The van der Waals surface area contributed by atoms with Gasteiger partial charge in [0.15, 0.2) is 12.4 Å². The van der Waals surface area contributed by atoms with Crippen LogP contribution in [0.5, 0.6) is 0 Å². The molecule has 0 radical (unpaired) electrons. The van der Waals surface area contributed by atoms with Crippen LogP contribution in [0.3, 0.4) is 0 Å². The highest BCUT2D eigenvalue weighted by atomic mass is 16.5. The molecule has 1 amide bonds. The minimum Gasteiger partial charge on any atom is -0.454 e. The van der Waals surface area contributed by atoms with Gasteiger partial charge in [-0.1, -0.05) is 55.7 Å². The number of Topliss-reactive ketones (excluding diaryl/α,β-unsaturated/α-hetero) is 1. The predicted molar refractivity (Wildman–Crippen MR) is 111 cm³/mol. The smallest absolute Gasteiger partial charge is 0.338 e. The van der Waals surface area contributed by atoms with Gasteiger partial charge in [-0.2, -0.15) is 0 Å². The highest BCUT2D eigenvalue weighted by molar-refractivity contribution is 5.99. The third-order valence-electron chi connectivity index (χ3n) is 5.37. The number of benzene rings is 2. The molecule has 0 atom stereocenters. The topological polar surface area (TPSA) is 72.5 Å². The zero-order valence-corrected chi connectivity index (χ0v) is 16.8. The van der Waals surface area contributed by atoms with E-state index < -0.39 is 5.97 Å². The lowest BCUT2D eigenvalue weighted by molar-refractivity contribution is -0.119. The van der Waals surface area contributed by atoms with Crippen LogP contribution in [0.15, 0.2) is 48.5 Å². The molecule has 0 heterocycles. The molecule has 0 aromatic heterocycles. The molecule has 0 saturated heterocycles. The van der Waals surface area contributed by atoms with Crippen molar-refractivity contribution in [1.29, 1.82) is 0 Å². The number of amides is 1. The van der Waals surface area contributed by atoms with Crippen molar-refractivity contribution < 1.29 is 19.1 Å². The van der Waals surface area contributed by atoms with Gasteiger partial charge in [0.2, 0.25) is 5.91 Å². The summed E-state index contributed by atoms with van der Waals surface area (Å²) in [7, 11) is 0. The number of ether oxygens (including phenoxy) is 1. The summed E-state index contributed by atoms with van der Waals surface area (Å²) in [5.41, 5.74) is 3.10. The van der Waals surface area contributed by atoms with E-state index in [0.717, 1.165) is 5.56 Å². The number of rotatable bonds is 7. The first-order chi connectivity index (χ1) is 14.0. The molecule has 1 aliphatic carbocycles. The average molecular weight is 393 g/mol. The Morgan fingerprint density at radius 1 is 0.897 bits per heavy atom. The minimum absolute atomic E-state index is 0.112. The standard InChI is InChI=1S/C24H27NO4/c1-17(26)25-15-18-7-9-22(10-8-18)24(28)29-16-23(27)21-13-11-20(12-14-21)19-5-3-2-4-6-19/h7-14,19H,2-6,15-16H2,1H3,(H,25,26). The van der Waals surface area contributed by atoms with Crippen LogP contribution in [-0.2, 0) is 16.1 Å². The van der Waals surface area contributed by atoms with Gasteiger partial charge in [0.05, 0.1) is 5.56 Å². The SMILES string of the molecule is CC(=O)NCc1ccc(C(=O)OCC(=O)c2ccc(C3CCCCC3)cc2)cc1. The van der Waals surface area contributed by atoms with Crippen molar-refractivity contribution in [1.82, 2.24) is 5.32 Å². The fourth-order valence-corrected chi connectivity index (χ4v) is 3.66. The van der Waals surface area contributed by atoms with Gasteiger partial charge >= 0.3 is 5.97 Å². The summed E-state index contributed by atoms with van der Waals surface area (Å²) in [4.78, 5) is 35.5. The molecule has 2 aromatic rings. The number of ketones is 1. The molecule has 29 heavy (non-hydrogen) atoms. The Morgan fingerprint density at radius 3 is 2.14 bits per heavy atom. The number of carbonyl (C=O) groups excluding carboxylic acids is 3. The highest BCUT2D eigenvalue weighted by Crippen LogP contribution is 2.32. The van der Waals surface area contributed by atoms with Crippen LogP contribution in [0.25, 0.3) is 0 Å². The number of hydrogen-bond donors (Lipinski definition) is 1. The Balaban J connectivity index is 1.50. The van der Waals surface area contributed by atoms with Crippen molar-refractivity contribution in [3.8, 4) is 0 Å². The fraction of sp³-hybridized carbons (Fsp3) is 0.375. The Labute approximate surface area is 171 Å². The van der Waals surface area contributed by atoms with Gasteiger partial charge in [-0.3, -0.25) is 9.59 Å². The Hall–Kier alpha value is -2.95. The van der Waals surface area contributed by atoms with Gasteiger partial charge in [0.1, 0.15) is 0 Å². The molecule has 3 rings (SSSR count). The van der Waals surface area contributed by atoms with Crippen LogP contribution in [0.4, 0.5) is 0 Å². The van der Waals surface area contributed by atoms with Crippen LogP contribution in [0.2, 0.25) is 0 Å². The van der Waals surface area contributed by atoms with E-state index in [1.807, 2.05) is 24.3 Å². The second-order valence-corrected chi connectivity index (χ2v) is 7.56. The zero-order chi connectivity index (χ0) is 20.6. The summed E-state index contributed by atoms with van der Waals surface area (Å²) >= 11 is 0. The minimum atomic E-state index is -0.539. The Bertz CT molecular complexity index is 849. The lowest BCUT2D eigenvalue weighted by atomic mass is 9.84. The summed E-state index contributed by atoms with van der Waals surface area (Å²) < 4.78 is 5.17. The van der Waals surface area contributed by atoms with E-state index in [2.05, 4.69) is 5.32 Å². The third-order valence-corrected chi connectivity index (χ3v) is 5.37. The van der Waals surface area contributed by atoms with Gasteiger partial charge in [-0.15, -0.1) is 0 Å².